The van der Waals surface area contributed by atoms with Gasteiger partial charge in [-0.2, -0.15) is 0 Å². The van der Waals surface area contributed by atoms with E-state index in [0.717, 1.165) is 35.7 Å². The van der Waals surface area contributed by atoms with E-state index in [-0.39, 0.29) is 0 Å². The fourth-order valence-corrected chi connectivity index (χ4v) is 24.2. The maximum absolute atomic E-state index is 8.56. The maximum Gasteiger partial charge on any atom is 0.387 e. The van der Waals surface area contributed by atoms with Crippen molar-refractivity contribution in [3.8, 4) is 0 Å². The lowest BCUT2D eigenvalue weighted by atomic mass is 10.2. The average Bonchev–Trinajstić information content (AvgIpc) is 3.25. The van der Waals surface area contributed by atoms with Crippen LogP contribution in [-0.4, -0.2) is 25.2 Å². The summed E-state index contributed by atoms with van der Waals surface area (Å²) in [6.45, 7) is 4.05. The fourth-order valence-electron chi connectivity index (χ4n) is 7.60. The second kappa shape index (κ2) is 17.1. The summed E-state index contributed by atoms with van der Waals surface area (Å²) in [4.78, 5) is 0. The molecule has 0 amide bonds. The molecular weight excluding hydrogens is 693 g/mol. The summed E-state index contributed by atoms with van der Waals surface area (Å²) < 4.78 is 17.1. The molecule has 7 aromatic carbocycles. The third-order valence-corrected chi connectivity index (χ3v) is 24.3. The van der Waals surface area contributed by atoms with E-state index < -0.39 is 25.2 Å². The zero-order valence-electron chi connectivity index (χ0n) is 30.1. The molecule has 0 radical (unpaired) electrons. The molecule has 2 nitrogen and oxygen atoms in total. The van der Waals surface area contributed by atoms with Crippen molar-refractivity contribution in [2.75, 3.05) is 0 Å². The normalized spacial score (nSPS) is 11.9. The molecule has 0 unspecified atom stereocenters. The Labute approximate surface area is 318 Å². The molecule has 0 saturated carbocycles. The monoisotopic (exact) mass is 738 g/mol. The number of benzene rings is 7. The highest BCUT2D eigenvalue weighted by Gasteiger charge is 2.57. The van der Waals surface area contributed by atoms with Crippen molar-refractivity contribution in [3.05, 3.63) is 225 Å². The summed E-state index contributed by atoms with van der Waals surface area (Å²) >= 11 is 0. The lowest BCUT2D eigenvalue weighted by molar-refractivity contribution is 0.422. The van der Waals surface area contributed by atoms with Gasteiger partial charge in [-0.3, -0.25) is 0 Å². The van der Waals surface area contributed by atoms with Crippen molar-refractivity contribution in [3.63, 3.8) is 0 Å². The summed E-state index contributed by atoms with van der Waals surface area (Å²) in [5.74, 6) is 0. The van der Waals surface area contributed by atoms with Gasteiger partial charge < -0.3 is 8.23 Å². The van der Waals surface area contributed by atoms with E-state index >= 15 is 0 Å². The van der Waals surface area contributed by atoms with Crippen LogP contribution >= 0.6 is 0 Å². The molecule has 0 heterocycles. The second-order valence-corrected chi connectivity index (χ2v) is 23.8. The van der Waals surface area contributed by atoms with E-state index in [0.29, 0.717) is 0 Å². The van der Waals surface area contributed by atoms with E-state index in [4.69, 9.17) is 8.23 Å². The minimum Gasteiger partial charge on any atom is -0.422 e. The predicted molar refractivity (Wildman–Crippen MR) is 231 cm³/mol. The summed E-state index contributed by atoms with van der Waals surface area (Å²) in [7, 11) is -10.1. The van der Waals surface area contributed by atoms with Crippen LogP contribution in [0.2, 0.25) is 6.04 Å². The minimum absolute atomic E-state index is 0.906. The molecule has 262 valence electrons. The average molecular weight is 739 g/mol. The van der Waals surface area contributed by atoms with Crippen molar-refractivity contribution < 1.29 is 8.23 Å². The standard InChI is InChI=1S/C48H46O2Si3/c1-2-3-4-26-41-51(42-27-12-5-13-28-42,43-29-14-6-15-30-43)49-53(47-37-22-10-23-38-47,48-39-24-11-25-40-48)50-52(44-31-16-7-17-32-44,45-33-18-8-19-34-45)46-35-20-9-21-36-46/h2,5-25,27-40H,1,3-4,26,41H2. The van der Waals surface area contributed by atoms with Crippen LogP contribution in [0.4, 0.5) is 0 Å². The van der Waals surface area contributed by atoms with Crippen LogP contribution in [0.25, 0.3) is 0 Å². The third-order valence-electron chi connectivity index (χ3n) is 10.1. The smallest absolute Gasteiger partial charge is 0.387 e. The lowest BCUT2D eigenvalue weighted by Gasteiger charge is -2.47. The Balaban J connectivity index is 1.60. The third kappa shape index (κ3) is 7.53. The van der Waals surface area contributed by atoms with Crippen LogP contribution in [0.1, 0.15) is 19.3 Å². The van der Waals surface area contributed by atoms with E-state index in [9.17, 15) is 0 Å². The Hall–Kier alpha value is -5.15. The Bertz CT molecular complexity index is 1960. The second-order valence-electron chi connectivity index (χ2n) is 13.4. The van der Waals surface area contributed by atoms with Crippen molar-refractivity contribution in [1.82, 2.24) is 0 Å². The van der Waals surface area contributed by atoms with Gasteiger partial charge in [0.1, 0.15) is 0 Å². The van der Waals surface area contributed by atoms with Gasteiger partial charge in [0.05, 0.1) is 0 Å². The highest BCUT2D eigenvalue weighted by atomic mass is 28.5. The molecule has 7 aromatic rings. The Morgan fingerprint density at radius 3 is 0.981 bits per heavy atom. The Morgan fingerprint density at radius 1 is 0.358 bits per heavy atom. The molecule has 0 spiro atoms. The first kappa shape index (κ1) is 36.2. The highest BCUT2D eigenvalue weighted by molar-refractivity contribution is 7.15. The molecule has 0 aliphatic rings. The molecule has 0 saturated heterocycles. The molecule has 53 heavy (non-hydrogen) atoms. The van der Waals surface area contributed by atoms with E-state index in [2.05, 4.69) is 219 Å². The summed E-state index contributed by atoms with van der Waals surface area (Å²) in [6, 6.07) is 77.4. The van der Waals surface area contributed by atoms with E-state index in [1.54, 1.807) is 0 Å². The number of unbranched alkanes of at least 4 members (excludes halogenated alkanes) is 2. The van der Waals surface area contributed by atoms with Crippen molar-refractivity contribution in [1.29, 1.82) is 0 Å². The predicted octanol–water partition coefficient (Wildman–Crippen LogP) is 7.06. The number of allylic oxidation sites excluding steroid dienone is 1. The van der Waals surface area contributed by atoms with Crippen LogP contribution in [0.5, 0.6) is 0 Å². The highest BCUT2D eigenvalue weighted by Crippen LogP contribution is 2.27. The molecule has 0 N–H and O–H groups in total. The van der Waals surface area contributed by atoms with Gasteiger partial charge in [0.2, 0.25) is 8.32 Å². The SMILES string of the molecule is C=CCCCC[Si](O[Si](O[Si](c1ccccc1)(c1ccccc1)c1ccccc1)(c1ccccc1)c1ccccc1)(c1ccccc1)c1ccccc1. The molecule has 7 rings (SSSR count). The topological polar surface area (TPSA) is 18.5 Å². The van der Waals surface area contributed by atoms with Crippen molar-refractivity contribution in [2.45, 2.75) is 25.3 Å². The van der Waals surface area contributed by atoms with Crippen LogP contribution in [-0.2, 0) is 8.23 Å². The molecule has 0 aromatic heterocycles. The fraction of sp³-hybridized carbons (Fsp3) is 0.0833. The van der Waals surface area contributed by atoms with Crippen LogP contribution in [0.3, 0.4) is 0 Å². The van der Waals surface area contributed by atoms with Gasteiger partial charge in [-0.05, 0) is 55.2 Å². The lowest BCUT2D eigenvalue weighted by Crippen LogP contribution is -2.81. The Morgan fingerprint density at radius 2 is 0.660 bits per heavy atom. The maximum atomic E-state index is 8.56. The van der Waals surface area contributed by atoms with Crippen LogP contribution < -0.4 is 36.3 Å². The number of hydrogen-bond donors (Lipinski definition) is 0. The van der Waals surface area contributed by atoms with Gasteiger partial charge in [-0.25, -0.2) is 0 Å². The zero-order valence-corrected chi connectivity index (χ0v) is 33.1. The largest absolute Gasteiger partial charge is 0.422 e. The van der Waals surface area contributed by atoms with Crippen LogP contribution in [0, 0.1) is 0 Å². The molecule has 0 bridgehead atoms. The molecule has 5 heteroatoms. The van der Waals surface area contributed by atoms with Gasteiger partial charge in [-0.15, -0.1) is 6.58 Å². The van der Waals surface area contributed by atoms with Crippen LogP contribution in [0.15, 0.2) is 225 Å². The molecular formula is C48H46O2Si3. The molecule has 0 atom stereocenters. The molecule has 0 aliphatic heterocycles. The van der Waals surface area contributed by atoms with E-state index in [1.807, 2.05) is 6.08 Å². The van der Waals surface area contributed by atoms with Gasteiger partial charge in [0, 0.05) is 0 Å². The van der Waals surface area contributed by atoms with Gasteiger partial charge >= 0.3 is 8.56 Å². The van der Waals surface area contributed by atoms with Gasteiger partial charge in [0.15, 0.2) is 0 Å². The number of rotatable bonds is 16. The van der Waals surface area contributed by atoms with Gasteiger partial charge in [0.25, 0.3) is 8.32 Å². The first-order valence-electron chi connectivity index (χ1n) is 18.6. The Kier molecular flexibility index (Phi) is 11.7. The van der Waals surface area contributed by atoms with Crippen molar-refractivity contribution >= 4 is 61.5 Å². The van der Waals surface area contributed by atoms with Crippen molar-refractivity contribution in [2.24, 2.45) is 0 Å². The summed E-state index contributed by atoms with van der Waals surface area (Å²) in [5.41, 5.74) is 0. The first-order chi connectivity index (χ1) is 26.2. The summed E-state index contributed by atoms with van der Waals surface area (Å²) in [5, 5.41) is 8.25. The van der Waals surface area contributed by atoms with E-state index in [1.165, 1.54) is 25.9 Å². The molecule has 0 fully saturated rings. The minimum atomic E-state index is -3.70. The summed E-state index contributed by atoms with van der Waals surface area (Å²) in [6.07, 6.45) is 5.06. The van der Waals surface area contributed by atoms with Gasteiger partial charge in [-0.1, -0.05) is 225 Å². The quantitative estimate of drug-likeness (QED) is 0.0458. The zero-order chi connectivity index (χ0) is 36.2. The first-order valence-corrected chi connectivity index (χ1v) is 24.5. The number of hydrogen-bond acceptors (Lipinski definition) is 2. The molecule has 0 aliphatic carbocycles.